The molecule has 3 saturated heterocycles. The molecule has 3 aromatic heterocycles. The number of nitrogens with one attached hydrogen (secondary N) is 1. The summed E-state index contributed by atoms with van der Waals surface area (Å²) < 4.78 is 19.6. The summed E-state index contributed by atoms with van der Waals surface area (Å²) in [6.45, 7) is 6.94. The van der Waals surface area contributed by atoms with Gasteiger partial charge in [-0.2, -0.15) is 0 Å². The van der Waals surface area contributed by atoms with Crippen LogP contribution in [0.3, 0.4) is 0 Å². The Kier molecular flexibility index (Phi) is 4.72. The van der Waals surface area contributed by atoms with Crippen LogP contribution in [-0.2, 0) is 9.47 Å². The lowest BCUT2D eigenvalue weighted by Gasteiger charge is -2.45. The van der Waals surface area contributed by atoms with Gasteiger partial charge in [0.2, 0.25) is 5.95 Å². The summed E-state index contributed by atoms with van der Waals surface area (Å²) in [5.74, 6) is 2.52. The predicted molar refractivity (Wildman–Crippen MR) is 128 cm³/mol. The SMILES string of the molecule is C[C@H]1CC2(CCN(c3ncc(Sc4ccnc5c4OCC4(COC4)N5)c4nccn34)CC2)CO1. The standard InChI is InChI=1S/C24H28N6O3S/c1-16-10-23(12-32-16)3-7-29(8-4-23)22-27-11-18(21-26-6-9-30(21)22)34-17-2-5-25-20-19(17)33-15-24(28-20)13-31-14-24/h2,5-6,9,11,16H,3-4,7-8,10,12-15H2,1H3,(H,25,28)/t16-/m0/s1. The van der Waals surface area contributed by atoms with Crippen LogP contribution in [0.15, 0.2) is 40.6 Å². The van der Waals surface area contributed by atoms with E-state index in [1.807, 2.05) is 30.9 Å². The van der Waals surface area contributed by atoms with E-state index >= 15 is 0 Å². The molecule has 7 heterocycles. The van der Waals surface area contributed by atoms with Gasteiger partial charge in [-0.1, -0.05) is 11.8 Å². The van der Waals surface area contributed by atoms with Crippen molar-refractivity contribution in [2.75, 3.05) is 49.7 Å². The average Bonchev–Trinajstić information content (AvgIpc) is 3.46. The fourth-order valence-electron chi connectivity index (χ4n) is 5.63. The van der Waals surface area contributed by atoms with Gasteiger partial charge in [0.25, 0.3) is 0 Å². The van der Waals surface area contributed by atoms with Crippen molar-refractivity contribution in [3.05, 3.63) is 30.9 Å². The molecule has 0 unspecified atom stereocenters. The normalized spacial score (nSPS) is 24.6. The van der Waals surface area contributed by atoms with Crippen LogP contribution in [0.5, 0.6) is 5.75 Å². The highest BCUT2D eigenvalue weighted by atomic mass is 32.2. The number of ether oxygens (including phenoxy) is 3. The number of imidazole rings is 1. The third-order valence-corrected chi connectivity index (χ3v) is 8.65. The summed E-state index contributed by atoms with van der Waals surface area (Å²) in [5.41, 5.74) is 1.11. The lowest BCUT2D eigenvalue weighted by Crippen LogP contribution is -2.61. The van der Waals surface area contributed by atoms with Gasteiger partial charge in [0, 0.05) is 37.9 Å². The molecule has 178 valence electrons. The van der Waals surface area contributed by atoms with E-state index in [1.165, 1.54) is 6.42 Å². The minimum Gasteiger partial charge on any atom is -0.486 e. The van der Waals surface area contributed by atoms with Gasteiger partial charge in [0.1, 0.15) is 12.1 Å². The highest BCUT2D eigenvalue weighted by Crippen LogP contribution is 2.45. The smallest absolute Gasteiger partial charge is 0.211 e. The van der Waals surface area contributed by atoms with Crippen molar-refractivity contribution in [3.8, 4) is 5.75 Å². The number of anilines is 2. The van der Waals surface area contributed by atoms with Crippen molar-refractivity contribution in [2.24, 2.45) is 5.41 Å². The predicted octanol–water partition coefficient (Wildman–Crippen LogP) is 3.24. The second kappa shape index (κ2) is 7.73. The summed E-state index contributed by atoms with van der Waals surface area (Å²) >= 11 is 1.62. The number of nitrogens with zero attached hydrogens (tertiary/aromatic N) is 5. The minimum atomic E-state index is -0.140. The lowest BCUT2D eigenvalue weighted by atomic mass is 9.77. The van der Waals surface area contributed by atoms with Gasteiger partial charge in [-0.15, -0.1) is 0 Å². The minimum absolute atomic E-state index is 0.140. The molecule has 1 N–H and O–H groups in total. The van der Waals surface area contributed by atoms with E-state index < -0.39 is 0 Å². The first kappa shape index (κ1) is 20.8. The maximum absolute atomic E-state index is 6.16. The Morgan fingerprint density at radius 3 is 2.71 bits per heavy atom. The number of fused-ring (bicyclic) bond motifs is 2. The molecule has 0 bridgehead atoms. The maximum Gasteiger partial charge on any atom is 0.211 e. The van der Waals surface area contributed by atoms with Crippen molar-refractivity contribution in [1.29, 1.82) is 0 Å². The summed E-state index contributed by atoms with van der Waals surface area (Å²) in [7, 11) is 0. The molecule has 3 fully saturated rings. The maximum atomic E-state index is 6.16. The van der Waals surface area contributed by atoms with E-state index in [9.17, 15) is 0 Å². The zero-order valence-electron chi connectivity index (χ0n) is 19.2. The van der Waals surface area contributed by atoms with Crippen LogP contribution < -0.4 is 15.0 Å². The molecule has 1 atom stereocenters. The molecule has 4 aliphatic rings. The Bertz CT molecular complexity index is 1240. The van der Waals surface area contributed by atoms with E-state index in [-0.39, 0.29) is 5.54 Å². The first-order chi connectivity index (χ1) is 16.6. The molecule has 9 nitrogen and oxygen atoms in total. The number of hydrogen-bond donors (Lipinski definition) is 1. The van der Waals surface area contributed by atoms with E-state index in [0.29, 0.717) is 31.3 Å². The second-order valence-corrected chi connectivity index (χ2v) is 11.2. The van der Waals surface area contributed by atoms with Gasteiger partial charge in [-0.3, -0.25) is 4.40 Å². The fraction of sp³-hybridized carbons (Fsp3) is 0.542. The van der Waals surface area contributed by atoms with Crippen LogP contribution in [0, 0.1) is 5.41 Å². The number of hydrogen-bond acceptors (Lipinski definition) is 9. The lowest BCUT2D eigenvalue weighted by molar-refractivity contribution is -0.0652. The topological polar surface area (TPSA) is 86.0 Å². The molecular weight excluding hydrogens is 452 g/mol. The Morgan fingerprint density at radius 2 is 1.94 bits per heavy atom. The Morgan fingerprint density at radius 1 is 1.06 bits per heavy atom. The zero-order valence-corrected chi connectivity index (χ0v) is 20.0. The first-order valence-corrected chi connectivity index (χ1v) is 12.8. The number of pyridine rings is 1. The molecule has 4 aliphatic heterocycles. The van der Waals surface area contributed by atoms with Crippen molar-refractivity contribution in [1.82, 2.24) is 19.4 Å². The highest BCUT2D eigenvalue weighted by Gasteiger charge is 2.44. The number of rotatable bonds is 3. The first-order valence-electron chi connectivity index (χ1n) is 12.0. The van der Waals surface area contributed by atoms with Crippen LogP contribution in [-0.4, -0.2) is 70.5 Å². The number of piperidine rings is 1. The van der Waals surface area contributed by atoms with Gasteiger partial charge in [-0.25, -0.2) is 15.0 Å². The van der Waals surface area contributed by atoms with Gasteiger partial charge < -0.3 is 24.4 Å². The van der Waals surface area contributed by atoms with Crippen LogP contribution in [0.25, 0.3) is 5.65 Å². The van der Waals surface area contributed by atoms with E-state index in [0.717, 1.165) is 65.5 Å². The molecule has 10 heteroatoms. The van der Waals surface area contributed by atoms with Gasteiger partial charge in [0.05, 0.1) is 35.7 Å². The molecular formula is C24H28N6O3S. The summed E-state index contributed by atoms with van der Waals surface area (Å²) in [6.07, 6.45) is 11.5. The van der Waals surface area contributed by atoms with Crippen molar-refractivity contribution >= 4 is 29.2 Å². The summed E-state index contributed by atoms with van der Waals surface area (Å²) in [4.78, 5) is 18.5. The monoisotopic (exact) mass is 480 g/mol. The third-order valence-electron chi connectivity index (χ3n) is 7.60. The molecule has 0 aliphatic carbocycles. The largest absolute Gasteiger partial charge is 0.486 e. The fourth-order valence-corrected chi connectivity index (χ4v) is 6.59. The molecule has 0 radical (unpaired) electrons. The van der Waals surface area contributed by atoms with Crippen LogP contribution in [0.4, 0.5) is 11.8 Å². The van der Waals surface area contributed by atoms with E-state index in [1.54, 1.807) is 11.8 Å². The molecule has 3 aromatic rings. The quantitative estimate of drug-likeness (QED) is 0.607. The van der Waals surface area contributed by atoms with Crippen LogP contribution in [0.2, 0.25) is 0 Å². The second-order valence-electron chi connectivity index (χ2n) is 10.1. The van der Waals surface area contributed by atoms with Crippen molar-refractivity contribution < 1.29 is 14.2 Å². The van der Waals surface area contributed by atoms with Gasteiger partial charge in [0.15, 0.2) is 17.2 Å². The van der Waals surface area contributed by atoms with Gasteiger partial charge >= 0.3 is 0 Å². The molecule has 0 saturated carbocycles. The Labute approximate surface area is 202 Å². The summed E-state index contributed by atoms with van der Waals surface area (Å²) in [6, 6.07) is 1.99. The van der Waals surface area contributed by atoms with E-state index in [4.69, 9.17) is 19.2 Å². The molecule has 7 rings (SSSR count). The Hall–Kier alpha value is -2.56. The average molecular weight is 481 g/mol. The molecule has 0 amide bonds. The van der Waals surface area contributed by atoms with Gasteiger partial charge in [-0.05, 0) is 37.7 Å². The molecule has 2 spiro atoms. The number of aromatic nitrogens is 4. The van der Waals surface area contributed by atoms with Crippen molar-refractivity contribution in [2.45, 2.75) is 47.6 Å². The van der Waals surface area contributed by atoms with Crippen molar-refractivity contribution in [3.63, 3.8) is 0 Å². The highest BCUT2D eigenvalue weighted by molar-refractivity contribution is 7.99. The van der Waals surface area contributed by atoms with Crippen LogP contribution in [0.1, 0.15) is 26.2 Å². The molecule has 0 aromatic carbocycles. The van der Waals surface area contributed by atoms with E-state index in [2.05, 4.69) is 31.5 Å². The third kappa shape index (κ3) is 3.34. The summed E-state index contributed by atoms with van der Waals surface area (Å²) in [5, 5.41) is 3.52. The van der Waals surface area contributed by atoms with Crippen LogP contribution >= 0.6 is 11.8 Å². The molecule has 34 heavy (non-hydrogen) atoms. The Balaban J connectivity index is 1.14. The zero-order chi connectivity index (χ0) is 22.8.